The Morgan fingerprint density at radius 3 is 2.72 bits per heavy atom. The van der Waals surface area contributed by atoms with Crippen molar-refractivity contribution in [3.63, 3.8) is 0 Å². The summed E-state index contributed by atoms with van der Waals surface area (Å²) in [5.74, 6) is 1.09. The van der Waals surface area contributed by atoms with Crippen molar-refractivity contribution in [1.82, 2.24) is 10.2 Å². The number of amides is 1. The average molecular weight is 254 g/mol. The van der Waals surface area contributed by atoms with E-state index in [9.17, 15) is 4.79 Å². The molecule has 1 saturated heterocycles. The molecule has 0 radical (unpaired) electrons. The fourth-order valence-corrected chi connectivity index (χ4v) is 3.08. The first-order valence-electron chi connectivity index (χ1n) is 7.33. The maximum absolute atomic E-state index is 12.2. The summed E-state index contributed by atoms with van der Waals surface area (Å²) >= 11 is 0. The fraction of sp³-hybridized carbons (Fsp3) is 0.929. The maximum Gasteiger partial charge on any atom is 0.239 e. The van der Waals surface area contributed by atoms with Crippen LogP contribution < -0.4 is 5.32 Å². The molecule has 1 aliphatic carbocycles. The van der Waals surface area contributed by atoms with Crippen LogP contribution in [0.1, 0.15) is 39.5 Å². The Hall–Kier alpha value is -0.610. The lowest BCUT2D eigenvalue weighted by molar-refractivity contribution is -0.137. The van der Waals surface area contributed by atoms with E-state index >= 15 is 0 Å². The summed E-state index contributed by atoms with van der Waals surface area (Å²) in [5.41, 5.74) is 0. The molecule has 2 aliphatic rings. The zero-order chi connectivity index (χ0) is 13.0. The van der Waals surface area contributed by atoms with Crippen LogP contribution in [0.3, 0.4) is 0 Å². The quantitative estimate of drug-likeness (QED) is 0.824. The van der Waals surface area contributed by atoms with Crippen molar-refractivity contribution in [3.8, 4) is 0 Å². The van der Waals surface area contributed by atoms with E-state index in [0.717, 1.165) is 19.0 Å². The van der Waals surface area contributed by atoms with E-state index in [-0.39, 0.29) is 11.9 Å². The number of ether oxygens (including phenoxy) is 1. The number of carbonyl (C=O) groups is 1. The molecular weight excluding hydrogens is 228 g/mol. The van der Waals surface area contributed by atoms with Gasteiger partial charge in [-0.05, 0) is 32.1 Å². The molecule has 3 atom stereocenters. The topological polar surface area (TPSA) is 41.6 Å². The van der Waals surface area contributed by atoms with E-state index < -0.39 is 0 Å². The first-order valence-corrected chi connectivity index (χ1v) is 7.33. The lowest BCUT2D eigenvalue weighted by Gasteiger charge is -2.30. The van der Waals surface area contributed by atoms with Gasteiger partial charge >= 0.3 is 0 Å². The third-order valence-electron chi connectivity index (χ3n) is 4.30. The van der Waals surface area contributed by atoms with Crippen molar-refractivity contribution < 1.29 is 9.53 Å². The first kappa shape index (κ1) is 13.8. The van der Waals surface area contributed by atoms with Crippen LogP contribution >= 0.6 is 0 Å². The van der Waals surface area contributed by atoms with Gasteiger partial charge < -0.3 is 15.0 Å². The highest BCUT2D eigenvalue weighted by atomic mass is 16.5. The van der Waals surface area contributed by atoms with Crippen molar-refractivity contribution in [1.29, 1.82) is 0 Å². The maximum atomic E-state index is 12.2. The molecule has 18 heavy (non-hydrogen) atoms. The molecule has 1 N–H and O–H groups in total. The molecule has 1 saturated carbocycles. The second-order valence-electron chi connectivity index (χ2n) is 5.61. The molecule has 2 fully saturated rings. The third-order valence-corrected chi connectivity index (χ3v) is 4.30. The van der Waals surface area contributed by atoms with Gasteiger partial charge in [0.05, 0.1) is 19.3 Å². The Balaban J connectivity index is 1.76. The van der Waals surface area contributed by atoms with E-state index in [1.54, 1.807) is 0 Å². The van der Waals surface area contributed by atoms with Crippen LogP contribution in [0.5, 0.6) is 0 Å². The SMILES string of the molecule is CCC1CCC(NC(C)C(=O)N2CCOCC2)C1. The summed E-state index contributed by atoms with van der Waals surface area (Å²) in [6.45, 7) is 7.10. The van der Waals surface area contributed by atoms with Crippen molar-refractivity contribution in [2.45, 2.75) is 51.6 Å². The molecule has 1 heterocycles. The highest BCUT2D eigenvalue weighted by Crippen LogP contribution is 2.28. The molecule has 104 valence electrons. The van der Waals surface area contributed by atoms with Gasteiger partial charge in [0.1, 0.15) is 0 Å². The first-order chi connectivity index (χ1) is 8.70. The number of morpholine rings is 1. The van der Waals surface area contributed by atoms with E-state index in [2.05, 4.69) is 12.2 Å². The molecule has 0 spiro atoms. The Kier molecular flexibility index (Phi) is 5.01. The molecule has 0 bridgehead atoms. The van der Waals surface area contributed by atoms with Crippen LogP contribution in [0.25, 0.3) is 0 Å². The van der Waals surface area contributed by atoms with Crippen LogP contribution in [-0.2, 0) is 9.53 Å². The monoisotopic (exact) mass is 254 g/mol. The number of nitrogens with one attached hydrogen (secondary N) is 1. The Morgan fingerprint density at radius 1 is 1.39 bits per heavy atom. The second kappa shape index (κ2) is 6.53. The van der Waals surface area contributed by atoms with E-state index in [1.165, 1.54) is 25.7 Å². The minimum atomic E-state index is -0.0521. The zero-order valence-electron chi connectivity index (χ0n) is 11.7. The van der Waals surface area contributed by atoms with Crippen molar-refractivity contribution in [2.75, 3.05) is 26.3 Å². The summed E-state index contributed by atoms with van der Waals surface area (Å²) in [5, 5.41) is 3.51. The van der Waals surface area contributed by atoms with Crippen molar-refractivity contribution >= 4 is 5.91 Å². The second-order valence-corrected chi connectivity index (χ2v) is 5.61. The predicted octanol–water partition coefficient (Wildman–Crippen LogP) is 1.40. The molecule has 0 aromatic carbocycles. The number of hydrogen-bond donors (Lipinski definition) is 1. The Labute approximate surface area is 110 Å². The summed E-state index contributed by atoms with van der Waals surface area (Å²) < 4.78 is 5.28. The average Bonchev–Trinajstić information content (AvgIpc) is 2.86. The minimum absolute atomic E-state index is 0.0521. The molecular formula is C14H26N2O2. The van der Waals surface area contributed by atoms with E-state index in [4.69, 9.17) is 4.74 Å². The highest BCUT2D eigenvalue weighted by molar-refractivity contribution is 5.81. The van der Waals surface area contributed by atoms with Gasteiger partial charge in [-0.1, -0.05) is 13.3 Å². The lowest BCUT2D eigenvalue weighted by Crippen LogP contribution is -2.51. The van der Waals surface area contributed by atoms with Gasteiger partial charge in [-0.25, -0.2) is 0 Å². The van der Waals surface area contributed by atoms with Crippen LogP contribution in [-0.4, -0.2) is 49.2 Å². The molecule has 2 rings (SSSR count). The Bertz CT molecular complexity index is 277. The summed E-state index contributed by atoms with van der Waals surface area (Å²) in [4.78, 5) is 14.2. The van der Waals surface area contributed by atoms with Gasteiger partial charge in [0.15, 0.2) is 0 Å². The number of nitrogens with zero attached hydrogens (tertiary/aromatic N) is 1. The summed E-state index contributed by atoms with van der Waals surface area (Å²) in [6, 6.07) is 0.485. The molecule has 4 nitrogen and oxygen atoms in total. The highest BCUT2D eigenvalue weighted by Gasteiger charge is 2.28. The predicted molar refractivity (Wildman–Crippen MR) is 71.4 cm³/mol. The van der Waals surface area contributed by atoms with Gasteiger partial charge in [-0.2, -0.15) is 0 Å². The van der Waals surface area contributed by atoms with Crippen molar-refractivity contribution in [3.05, 3.63) is 0 Å². The smallest absolute Gasteiger partial charge is 0.239 e. The van der Waals surface area contributed by atoms with Gasteiger partial charge in [0.2, 0.25) is 5.91 Å². The van der Waals surface area contributed by atoms with Crippen molar-refractivity contribution in [2.24, 2.45) is 5.92 Å². The van der Waals surface area contributed by atoms with Crippen LogP contribution in [0.2, 0.25) is 0 Å². The summed E-state index contributed by atoms with van der Waals surface area (Å²) in [7, 11) is 0. The molecule has 4 heteroatoms. The largest absolute Gasteiger partial charge is 0.378 e. The van der Waals surface area contributed by atoms with Gasteiger partial charge in [-0.15, -0.1) is 0 Å². The minimum Gasteiger partial charge on any atom is -0.378 e. The van der Waals surface area contributed by atoms with Gasteiger partial charge in [-0.3, -0.25) is 4.79 Å². The normalized spacial score (nSPS) is 30.4. The van der Waals surface area contributed by atoms with Gasteiger partial charge in [0.25, 0.3) is 0 Å². The number of hydrogen-bond acceptors (Lipinski definition) is 3. The fourth-order valence-electron chi connectivity index (χ4n) is 3.08. The van der Waals surface area contributed by atoms with Gasteiger partial charge in [0, 0.05) is 19.1 Å². The van der Waals surface area contributed by atoms with E-state index in [1.807, 2.05) is 11.8 Å². The lowest BCUT2D eigenvalue weighted by atomic mass is 10.1. The molecule has 0 aromatic rings. The van der Waals surface area contributed by atoms with E-state index in [0.29, 0.717) is 19.3 Å². The standard InChI is InChI=1S/C14H26N2O2/c1-3-12-4-5-13(10-12)15-11(2)14(17)16-6-8-18-9-7-16/h11-13,15H,3-10H2,1-2H3. The summed E-state index contributed by atoms with van der Waals surface area (Å²) in [6.07, 6.45) is 5.03. The molecule has 3 unspecified atom stereocenters. The Morgan fingerprint density at radius 2 is 2.11 bits per heavy atom. The zero-order valence-corrected chi connectivity index (χ0v) is 11.7. The third kappa shape index (κ3) is 3.45. The molecule has 1 amide bonds. The van der Waals surface area contributed by atoms with Crippen LogP contribution in [0, 0.1) is 5.92 Å². The van der Waals surface area contributed by atoms with Crippen LogP contribution in [0.15, 0.2) is 0 Å². The number of rotatable bonds is 4. The number of carbonyl (C=O) groups excluding carboxylic acids is 1. The molecule has 0 aromatic heterocycles. The van der Waals surface area contributed by atoms with Crippen LogP contribution in [0.4, 0.5) is 0 Å². The molecule has 1 aliphatic heterocycles.